The molecule has 0 saturated heterocycles. The Morgan fingerprint density at radius 2 is 2.00 bits per heavy atom. The van der Waals surface area contributed by atoms with Crippen molar-refractivity contribution in [1.82, 2.24) is 10.6 Å². The van der Waals surface area contributed by atoms with Crippen LogP contribution in [-0.2, 0) is 17.3 Å². The van der Waals surface area contributed by atoms with Crippen molar-refractivity contribution in [3.05, 3.63) is 29.3 Å². The van der Waals surface area contributed by atoms with Gasteiger partial charge in [-0.3, -0.25) is 9.20 Å². The van der Waals surface area contributed by atoms with Crippen LogP contribution in [0, 0.1) is 6.92 Å². The van der Waals surface area contributed by atoms with Gasteiger partial charge in [0, 0.05) is 47.0 Å². The Morgan fingerprint density at radius 1 is 1.32 bits per heavy atom. The molecule has 25 heavy (non-hydrogen) atoms. The third-order valence-corrected chi connectivity index (χ3v) is 5.31. The number of aliphatic imine (C=N–C) groups is 1. The first-order chi connectivity index (χ1) is 11.6. The van der Waals surface area contributed by atoms with Gasteiger partial charge in [0.15, 0.2) is 5.96 Å². The Morgan fingerprint density at radius 3 is 2.56 bits per heavy atom. The Balaban J connectivity index is 2.60. The lowest BCUT2D eigenvalue weighted by Crippen LogP contribution is -2.40. The highest BCUT2D eigenvalue weighted by atomic mass is 32.2. The van der Waals surface area contributed by atoms with Crippen LogP contribution in [0.25, 0.3) is 0 Å². The minimum atomic E-state index is -2.87. The molecule has 0 heterocycles. The van der Waals surface area contributed by atoms with E-state index in [1.807, 2.05) is 27.7 Å². The largest absolute Gasteiger partial charge is 0.434 e. The number of hydrogen-bond donors (Lipinski definition) is 2. The Kier molecular flexibility index (Phi) is 8.28. The molecule has 0 spiro atoms. The third-order valence-electron chi connectivity index (χ3n) is 3.36. The topological polar surface area (TPSA) is 62.7 Å². The SMILES string of the molecule is CN=C(NCCS(=O)C(C)(C)C)NCc1cc(C)ccc1OC(F)F. The number of nitrogens with zero attached hydrogens (tertiary/aromatic N) is 1. The molecule has 0 fully saturated rings. The molecule has 0 aliphatic carbocycles. The zero-order valence-electron chi connectivity index (χ0n) is 15.4. The number of guanidine groups is 1. The van der Waals surface area contributed by atoms with E-state index in [4.69, 9.17) is 0 Å². The molecular weight excluding hydrogens is 348 g/mol. The van der Waals surface area contributed by atoms with E-state index in [0.29, 0.717) is 23.8 Å². The summed E-state index contributed by atoms with van der Waals surface area (Å²) in [5.41, 5.74) is 1.56. The van der Waals surface area contributed by atoms with Crippen LogP contribution in [0.4, 0.5) is 8.78 Å². The van der Waals surface area contributed by atoms with Gasteiger partial charge in [-0.2, -0.15) is 8.78 Å². The highest BCUT2D eigenvalue weighted by Crippen LogP contribution is 2.21. The van der Waals surface area contributed by atoms with Crippen molar-refractivity contribution in [2.45, 2.75) is 45.6 Å². The number of nitrogens with one attached hydrogen (secondary N) is 2. The van der Waals surface area contributed by atoms with Crippen molar-refractivity contribution in [3.8, 4) is 5.75 Å². The first-order valence-corrected chi connectivity index (χ1v) is 9.32. The maximum Gasteiger partial charge on any atom is 0.387 e. The van der Waals surface area contributed by atoms with Gasteiger partial charge in [-0.05, 0) is 33.8 Å². The molecular formula is C17H27F2N3O2S. The first-order valence-electron chi connectivity index (χ1n) is 8.01. The van der Waals surface area contributed by atoms with Crippen molar-refractivity contribution in [2.24, 2.45) is 4.99 Å². The fraction of sp³-hybridized carbons (Fsp3) is 0.588. The zero-order valence-corrected chi connectivity index (χ0v) is 16.2. The second-order valence-corrected chi connectivity index (χ2v) is 8.83. The van der Waals surface area contributed by atoms with Gasteiger partial charge in [0.05, 0.1) is 0 Å². The van der Waals surface area contributed by atoms with Gasteiger partial charge in [-0.25, -0.2) is 0 Å². The number of benzene rings is 1. The summed E-state index contributed by atoms with van der Waals surface area (Å²) in [5, 5.41) is 6.13. The molecule has 1 rings (SSSR count). The van der Waals surface area contributed by atoms with Crippen LogP contribution < -0.4 is 15.4 Å². The van der Waals surface area contributed by atoms with Gasteiger partial charge in [0.25, 0.3) is 0 Å². The fourth-order valence-corrected chi connectivity index (χ4v) is 2.93. The van der Waals surface area contributed by atoms with Crippen LogP contribution in [0.15, 0.2) is 23.2 Å². The molecule has 0 saturated carbocycles. The predicted octanol–water partition coefficient (Wildman–Crippen LogP) is 2.81. The Hall–Kier alpha value is -1.70. The number of halogens is 2. The van der Waals surface area contributed by atoms with Crippen LogP contribution in [0.2, 0.25) is 0 Å². The van der Waals surface area contributed by atoms with Gasteiger partial charge in [-0.15, -0.1) is 0 Å². The molecule has 0 radical (unpaired) electrons. The highest BCUT2D eigenvalue weighted by Gasteiger charge is 2.18. The van der Waals surface area contributed by atoms with Crippen LogP contribution in [0.5, 0.6) is 5.75 Å². The monoisotopic (exact) mass is 375 g/mol. The summed E-state index contributed by atoms with van der Waals surface area (Å²) < 4.78 is 41.3. The van der Waals surface area contributed by atoms with E-state index < -0.39 is 17.4 Å². The molecule has 1 atom stereocenters. The average Bonchev–Trinajstić information content (AvgIpc) is 2.51. The van der Waals surface area contributed by atoms with Crippen molar-refractivity contribution in [3.63, 3.8) is 0 Å². The van der Waals surface area contributed by atoms with E-state index in [-0.39, 0.29) is 17.0 Å². The maximum absolute atomic E-state index is 12.5. The van der Waals surface area contributed by atoms with Crippen molar-refractivity contribution < 1.29 is 17.7 Å². The Bertz CT molecular complexity index is 616. The van der Waals surface area contributed by atoms with E-state index in [0.717, 1.165) is 5.56 Å². The third kappa shape index (κ3) is 7.81. The number of rotatable bonds is 7. The average molecular weight is 375 g/mol. The fourth-order valence-electron chi connectivity index (χ4n) is 2.03. The molecule has 1 aromatic rings. The second-order valence-electron chi connectivity index (χ2n) is 6.50. The van der Waals surface area contributed by atoms with Crippen LogP contribution in [-0.4, -0.2) is 40.9 Å². The van der Waals surface area contributed by atoms with E-state index >= 15 is 0 Å². The van der Waals surface area contributed by atoms with E-state index in [2.05, 4.69) is 20.4 Å². The highest BCUT2D eigenvalue weighted by molar-refractivity contribution is 7.86. The lowest BCUT2D eigenvalue weighted by atomic mass is 10.1. The molecule has 5 nitrogen and oxygen atoms in total. The number of hydrogen-bond acceptors (Lipinski definition) is 3. The molecule has 0 amide bonds. The summed E-state index contributed by atoms with van der Waals surface area (Å²) in [5.74, 6) is 1.14. The standard InChI is InChI=1S/C17H27F2N3O2S/c1-12-6-7-14(24-15(18)19)13(10-12)11-22-16(20-5)21-8-9-25(23)17(2,3)4/h6-7,10,15H,8-9,11H2,1-5H3,(H2,20,21,22). The van der Waals surface area contributed by atoms with Crippen molar-refractivity contribution in [1.29, 1.82) is 0 Å². The van der Waals surface area contributed by atoms with Crippen LogP contribution in [0.3, 0.4) is 0 Å². The summed E-state index contributed by atoms with van der Waals surface area (Å²) in [7, 11) is 0.656. The molecule has 2 N–H and O–H groups in total. The second kappa shape index (κ2) is 9.70. The zero-order chi connectivity index (χ0) is 19.0. The quantitative estimate of drug-likeness (QED) is 0.568. The molecule has 142 valence electrons. The molecule has 0 aliphatic rings. The normalized spacial score (nSPS) is 13.7. The van der Waals surface area contributed by atoms with Crippen molar-refractivity contribution in [2.75, 3.05) is 19.3 Å². The van der Waals surface area contributed by atoms with Gasteiger partial charge < -0.3 is 15.4 Å². The van der Waals surface area contributed by atoms with Crippen molar-refractivity contribution >= 4 is 16.8 Å². The molecule has 0 aliphatic heterocycles. The minimum Gasteiger partial charge on any atom is -0.434 e. The van der Waals surface area contributed by atoms with Gasteiger partial charge >= 0.3 is 6.61 Å². The molecule has 0 aromatic heterocycles. The molecule has 0 bridgehead atoms. The summed E-state index contributed by atoms with van der Waals surface area (Å²) in [6.45, 7) is 5.58. The van der Waals surface area contributed by atoms with E-state index in [1.165, 1.54) is 6.07 Å². The van der Waals surface area contributed by atoms with Gasteiger partial charge in [0.1, 0.15) is 5.75 Å². The van der Waals surface area contributed by atoms with Gasteiger partial charge in [-0.1, -0.05) is 17.7 Å². The van der Waals surface area contributed by atoms with Crippen LogP contribution >= 0.6 is 0 Å². The number of ether oxygens (including phenoxy) is 1. The molecule has 8 heteroatoms. The lowest BCUT2D eigenvalue weighted by molar-refractivity contribution is -0.0504. The smallest absolute Gasteiger partial charge is 0.387 e. The van der Waals surface area contributed by atoms with E-state index in [9.17, 15) is 13.0 Å². The molecule has 1 unspecified atom stereocenters. The lowest BCUT2D eigenvalue weighted by Gasteiger charge is -2.19. The summed E-state index contributed by atoms with van der Waals surface area (Å²) in [4.78, 5) is 4.08. The maximum atomic E-state index is 12.5. The van der Waals surface area contributed by atoms with E-state index in [1.54, 1.807) is 19.2 Å². The summed E-state index contributed by atoms with van der Waals surface area (Å²) >= 11 is 0. The summed E-state index contributed by atoms with van der Waals surface area (Å²) in [6, 6.07) is 5.03. The number of aryl methyl sites for hydroxylation is 1. The predicted molar refractivity (Wildman–Crippen MR) is 98.8 cm³/mol. The number of alkyl halides is 2. The first kappa shape index (κ1) is 21.3. The molecule has 1 aromatic carbocycles. The Labute approximate surface area is 150 Å². The minimum absolute atomic E-state index is 0.136. The summed E-state index contributed by atoms with van der Waals surface area (Å²) in [6.07, 6.45) is 0. The van der Waals surface area contributed by atoms with Crippen LogP contribution in [0.1, 0.15) is 31.9 Å². The van der Waals surface area contributed by atoms with Gasteiger partial charge in [0.2, 0.25) is 0 Å².